The van der Waals surface area contributed by atoms with Gasteiger partial charge in [-0.1, -0.05) is 20.8 Å². The van der Waals surface area contributed by atoms with Crippen molar-refractivity contribution in [1.82, 2.24) is 9.78 Å². The third-order valence-electron chi connectivity index (χ3n) is 3.20. The molecule has 0 aliphatic heterocycles. The Labute approximate surface area is 113 Å². The van der Waals surface area contributed by atoms with Gasteiger partial charge >= 0.3 is 0 Å². The first kappa shape index (κ1) is 14.2. The molecule has 1 aromatic rings. The molecule has 16 heavy (non-hydrogen) atoms. The van der Waals surface area contributed by atoms with Crippen LogP contribution in [0, 0.1) is 3.70 Å². The van der Waals surface area contributed by atoms with Crippen LogP contribution in [-0.2, 0) is 11.0 Å². The van der Waals surface area contributed by atoms with Crippen LogP contribution in [0.2, 0.25) is 18.1 Å². The number of aromatic nitrogens is 2. The predicted molar refractivity (Wildman–Crippen MR) is 78.1 cm³/mol. The molecule has 1 aromatic heterocycles. The molecule has 0 aliphatic rings. The largest absolute Gasteiger partial charge is 0.415 e. The molecule has 0 N–H and O–H groups in total. The van der Waals surface area contributed by atoms with Crippen molar-refractivity contribution >= 4 is 30.9 Å². The van der Waals surface area contributed by atoms with Gasteiger partial charge in [-0.15, -0.1) is 0 Å². The van der Waals surface area contributed by atoms with E-state index < -0.39 is 8.32 Å². The van der Waals surface area contributed by atoms with E-state index in [2.05, 4.69) is 61.6 Å². The predicted octanol–water partition coefficient (Wildman–Crippen LogP) is 3.51. The second-order valence-corrected chi connectivity index (χ2v) is 11.4. The lowest BCUT2D eigenvalue weighted by Crippen LogP contribution is -2.41. The number of hydrogen-bond donors (Lipinski definition) is 0. The Balaban J connectivity index is 2.41. The fraction of sp³-hybridized carbons (Fsp3) is 0.727. The molecule has 0 unspecified atom stereocenters. The summed E-state index contributed by atoms with van der Waals surface area (Å²) in [5.74, 6) is 0. The Morgan fingerprint density at radius 2 is 2.06 bits per heavy atom. The molecule has 0 spiro atoms. The van der Waals surface area contributed by atoms with Crippen LogP contribution >= 0.6 is 22.6 Å². The molecule has 0 fully saturated rings. The average Bonchev–Trinajstić information content (AvgIpc) is 2.49. The van der Waals surface area contributed by atoms with Gasteiger partial charge in [0.05, 0.1) is 13.2 Å². The third kappa shape index (κ3) is 3.85. The first-order chi connectivity index (χ1) is 7.22. The van der Waals surface area contributed by atoms with E-state index in [1.165, 1.54) is 0 Å². The van der Waals surface area contributed by atoms with Gasteiger partial charge in [0.1, 0.15) is 3.70 Å². The summed E-state index contributed by atoms with van der Waals surface area (Å²) in [4.78, 5) is 0. The van der Waals surface area contributed by atoms with E-state index in [1.807, 2.05) is 16.9 Å². The molecule has 5 heteroatoms. The maximum Gasteiger partial charge on any atom is 0.192 e. The molecule has 0 saturated carbocycles. The van der Waals surface area contributed by atoms with Gasteiger partial charge in [0.2, 0.25) is 0 Å². The zero-order valence-electron chi connectivity index (χ0n) is 10.7. The molecule has 3 nitrogen and oxygen atoms in total. The van der Waals surface area contributed by atoms with Gasteiger partial charge in [0.15, 0.2) is 8.32 Å². The van der Waals surface area contributed by atoms with Crippen LogP contribution in [0.15, 0.2) is 12.3 Å². The van der Waals surface area contributed by atoms with E-state index in [0.717, 1.165) is 16.9 Å². The van der Waals surface area contributed by atoms with Gasteiger partial charge in [-0.25, -0.2) is 0 Å². The van der Waals surface area contributed by atoms with Crippen LogP contribution in [0.3, 0.4) is 0 Å². The van der Waals surface area contributed by atoms with Crippen LogP contribution in [-0.4, -0.2) is 24.7 Å². The molecule has 0 saturated heterocycles. The van der Waals surface area contributed by atoms with Gasteiger partial charge in [-0.2, -0.15) is 5.10 Å². The second kappa shape index (κ2) is 5.18. The van der Waals surface area contributed by atoms with E-state index in [1.54, 1.807) is 0 Å². The smallest absolute Gasteiger partial charge is 0.192 e. The van der Waals surface area contributed by atoms with Gasteiger partial charge in [0, 0.05) is 6.20 Å². The van der Waals surface area contributed by atoms with E-state index in [4.69, 9.17) is 4.43 Å². The van der Waals surface area contributed by atoms with Crippen molar-refractivity contribution in [3.63, 3.8) is 0 Å². The van der Waals surface area contributed by atoms with Gasteiger partial charge in [0.25, 0.3) is 0 Å². The van der Waals surface area contributed by atoms with Gasteiger partial charge in [-0.05, 0) is 46.8 Å². The van der Waals surface area contributed by atoms with E-state index in [0.29, 0.717) is 0 Å². The molecule has 1 rings (SSSR count). The van der Waals surface area contributed by atoms with Crippen molar-refractivity contribution in [3.8, 4) is 0 Å². The Morgan fingerprint density at radius 1 is 1.44 bits per heavy atom. The second-order valence-electron chi connectivity index (χ2n) is 5.51. The molecular formula is C11H21IN2OSi. The third-order valence-corrected chi connectivity index (χ3v) is 8.31. The van der Waals surface area contributed by atoms with Crippen LogP contribution < -0.4 is 0 Å². The van der Waals surface area contributed by atoms with Crippen LogP contribution in [0.5, 0.6) is 0 Å². The van der Waals surface area contributed by atoms with Crippen molar-refractivity contribution in [1.29, 1.82) is 0 Å². The lowest BCUT2D eigenvalue weighted by molar-refractivity contribution is 0.266. The van der Waals surface area contributed by atoms with E-state index >= 15 is 0 Å². The van der Waals surface area contributed by atoms with Crippen molar-refractivity contribution in [2.75, 3.05) is 6.61 Å². The summed E-state index contributed by atoms with van der Waals surface area (Å²) >= 11 is 2.22. The minimum Gasteiger partial charge on any atom is -0.415 e. The monoisotopic (exact) mass is 352 g/mol. The topological polar surface area (TPSA) is 27.1 Å². The summed E-state index contributed by atoms with van der Waals surface area (Å²) in [6.07, 6.45) is 2.00. The minimum absolute atomic E-state index is 0.283. The number of hydrogen-bond acceptors (Lipinski definition) is 2. The molecule has 0 aliphatic carbocycles. The molecule has 1 heterocycles. The molecule has 0 atom stereocenters. The molecule has 0 aromatic carbocycles. The number of halogens is 1. The summed E-state index contributed by atoms with van der Waals surface area (Å²) in [6.45, 7) is 12.9. The summed E-state index contributed by atoms with van der Waals surface area (Å²) in [7, 11) is -1.59. The maximum absolute atomic E-state index is 6.08. The molecule has 0 radical (unpaired) electrons. The molecule has 0 bridgehead atoms. The van der Waals surface area contributed by atoms with Crippen molar-refractivity contribution in [3.05, 3.63) is 16.0 Å². The summed E-state index contributed by atoms with van der Waals surface area (Å²) < 4.78 is 9.05. The quantitative estimate of drug-likeness (QED) is 0.613. The highest BCUT2D eigenvalue weighted by Gasteiger charge is 2.36. The summed E-state index contributed by atoms with van der Waals surface area (Å²) in [5, 5.41) is 4.61. The highest BCUT2D eigenvalue weighted by atomic mass is 127. The van der Waals surface area contributed by atoms with Crippen molar-refractivity contribution in [2.45, 2.75) is 45.4 Å². The Morgan fingerprint density at radius 3 is 2.50 bits per heavy atom. The first-order valence-electron chi connectivity index (χ1n) is 5.55. The fourth-order valence-corrected chi connectivity index (χ4v) is 2.54. The van der Waals surface area contributed by atoms with Crippen molar-refractivity contribution < 1.29 is 4.43 Å². The summed E-state index contributed by atoms with van der Waals surface area (Å²) in [6, 6.07) is 2.01. The SMILES string of the molecule is CC(C)(C)[Si](C)(C)OCCn1ccc(I)n1. The fourth-order valence-electron chi connectivity index (χ4n) is 1.07. The zero-order valence-corrected chi connectivity index (χ0v) is 13.9. The number of nitrogens with zero attached hydrogens (tertiary/aromatic N) is 2. The van der Waals surface area contributed by atoms with Crippen LogP contribution in [0.1, 0.15) is 20.8 Å². The highest BCUT2D eigenvalue weighted by Crippen LogP contribution is 2.36. The van der Waals surface area contributed by atoms with E-state index in [9.17, 15) is 0 Å². The van der Waals surface area contributed by atoms with Gasteiger partial charge < -0.3 is 4.43 Å². The van der Waals surface area contributed by atoms with Gasteiger partial charge in [-0.3, -0.25) is 4.68 Å². The van der Waals surface area contributed by atoms with Crippen molar-refractivity contribution in [2.24, 2.45) is 0 Å². The first-order valence-corrected chi connectivity index (χ1v) is 9.54. The van der Waals surface area contributed by atoms with Crippen LogP contribution in [0.25, 0.3) is 0 Å². The Hall–Kier alpha value is 0.117. The van der Waals surface area contributed by atoms with Crippen LogP contribution in [0.4, 0.5) is 0 Å². The molecule has 92 valence electrons. The Bertz CT molecular complexity index is 344. The molecular weight excluding hydrogens is 331 g/mol. The van der Waals surface area contributed by atoms with E-state index in [-0.39, 0.29) is 5.04 Å². The zero-order chi connectivity index (χ0) is 12.4. The average molecular weight is 352 g/mol. The summed E-state index contributed by atoms with van der Waals surface area (Å²) in [5.41, 5.74) is 0. The minimum atomic E-state index is -1.59. The number of rotatable bonds is 4. The molecule has 0 amide bonds. The Kier molecular flexibility index (Phi) is 4.59. The normalized spacial score (nSPS) is 13.1. The highest BCUT2D eigenvalue weighted by molar-refractivity contribution is 14.1. The standard InChI is InChI=1S/C11H21IN2OSi/c1-11(2,3)16(4,5)15-9-8-14-7-6-10(12)13-14/h6-7H,8-9H2,1-5H3. The lowest BCUT2D eigenvalue weighted by Gasteiger charge is -2.36. The maximum atomic E-state index is 6.08. The lowest BCUT2D eigenvalue weighted by atomic mass is 10.2.